The summed E-state index contributed by atoms with van der Waals surface area (Å²) in [6.07, 6.45) is -5.52. The van der Waals surface area contributed by atoms with Gasteiger partial charge in [-0.15, -0.1) is 0 Å². The molecule has 142 valence electrons. The molecule has 1 fully saturated rings. The Balaban J connectivity index is 2.10. The van der Waals surface area contributed by atoms with Crippen LogP contribution in [0.5, 0.6) is 0 Å². The lowest BCUT2D eigenvalue weighted by Gasteiger charge is -2.18. The molecule has 1 aliphatic heterocycles. The number of β-amino-alcohol motifs (C(OH)–C–C–N with tert-alkyl or cyclic N) is 1. The zero-order chi connectivity index (χ0) is 19.0. The van der Waals surface area contributed by atoms with Crippen LogP contribution in [-0.4, -0.2) is 61.8 Å². The van der Waals surface area contributed by atoms with Crippen LogP contribution in [-0.2, 0) is 22.7 Å². The van der Waals surface area contributed by atoms with Crippen LogP contribution in [0.1, 0.15) is 11.1 Å². The van der Waals surface area contributed by atoms with Crippen LogP contribution in [0, 0.1) is 11.7 Å². The van der Waals surface area contributed by atoms with Crippen molar-refractivity contribution in [3.63, 3.8) is 0 Å². The standard InChI is InChI=1S/C15H20F4N2O3S/c1-20(2)25(23,24)9-11-7-21(8-14(11)22)6-10-5-12(15(17,18)19)3-4-13(10)16/h3-5,11,14,22H,6-9H2,1-2H3/t11-,14-/m0/s1. The molecular weight excluding hydrogens is 364 g/mol. The molecule has 0 unspecified atom stereocenters. The Hall–Kier alpha value is -1.23. The van der Waals surface area contributed by atoms with Gasteiger partial charge in [0.05, 0.1) is 17.4 Å². The average molecular weight is 384 g/mol. The van der Waals surface area contributed by atoms with E-state index >= 15 is 0 Å². The van der Waals surface area contributed by atoms with Crippen LogP contribution in [0.15, 0.2) is 18.2 Å². The predicted octanol–water partition coefficient (Wildman–Crippen LogP) is 1.53. The van der Waals surface area contributed by atoms with Crippen LogP contribution in [0.25, 0.3) is 0 Å². The van der Waals surface area contributed by atoms with E-state index in [0.29, 0.717) is 6.07 Å². The van der Waals surface area contributed by atoms with Gasteiger partial charge in [0.15, 0.2) is 0 Å². The first-order valence-electron chi connectivity index (χ1n) is 7.56. The number of aliphatic hydroxyl groups excluding tert-OH is 1. The third kappa shape index (κ3) is 4.90. The van der Waals surface area contributed by atoms with Crippen molar-refractivity contribution in [3.8, 4) is 0 Å². The van der Waals surface area contributed by atoms with E-state index in [1.165, 1.54) is 14.1 Å². The number of rotatable bonds is 5. The molecule has 25 heavy (non-hydrogen) atoms. The monoisotopic (exact) mass is 384 g/mol. The van der Waals surface area contributed by atoms with Gasteiger partial charge in [-0.25, -0.2) is 17.1 Å². The highest BCUT2D eigenvalue weighted by molar-refractivity contribution is 7.89. The molecule has 1 aromatic carbocycles. The number of halogens is 4. The fourth-order valence-electron chi connectivity index (χ4n) is 2.77. The van der Waals surface area contributed by atoms with E-state index in [2.05, 4.69) is 0 Å². The maximum absolute atomic E-state index is 13.8. The second kappa shape index (κ2) is 7.18. The van der Waals surface area contributed by atoms with Crippen LogP contribution in [0.2, 0.25) is 0 Å². The molecule has 1 heterocycles. The Morgan fingerprint density at radius 2 is 1.92 bits per heavy atom. The van der Waals surface area contributed by atoms with Gasteiger partial charge in [-0.2, -0.15) is 13.2 Å². The van der Waals surface area contributed by atoms with Crippen LogP contribution in [0.3, 0.4) is 0 Å². The highest BCUT2D eigenvalue weighted by Gasteiger charge is 2.36. The maximum Gasteiger partial charge on any atom is 0.416 e. The molecule has 0 spiro atoms. The zero-order valence-electron chi connectivity index (χ0n) is 13.8. The van der Waals surface area contributed by atoms with Gasteiger partial charge in [-0.05, 0) is 18.2 Å². The fourth-order valence-corrected chi connectivity index (χ4v) is 3.93. The van der Waals surface area contributed by atoms with Crippen molar-refractivity contribution in [1.29, 1.82) is 0 Å². The van der Waals surface area contributed by atoms with Gasteiger partial charge >= 0.3 is 6.18 Å². The minimum Gasteiger partial charge on any atom is -0.391 e. The Morgan fingerprint density at radius 1 is 1.28 bits per heavy atom. The summed E-state index contributed by atoms with van der Waals surface area (Å²) in [6.45, 7) is 0.0958. The van der Waals surface area contributed by atoms with Gasteiger partial charge < -0.3 is 5.11 Å². The average Bonchev–Trinajstić information content (AvgIpc) is 2.79. The summed E-state index contributed by atoms with van der Waals surface area (Å²) in [5, 5.41) is 10.0. The van der Waals surface area contributed by atoms with Gasteiger partial charge in [0.25, 0.3) is 0 Å². The molecular formula is C15H20F4N2O3S. The summed E-state index contributed by atoms with van der Waals surface area (Å²) < 4.78 is 77.0. The summed E-state index contributed by atoms with van der Waals surface area (Å²) in [5.74, 6) is -1.63. The van der Waals surface area contributed by atoms with Crippen LogP contribution >= 0.6 is 0 Å². The minimum atomic E-state index is -4.57. The van der Waals surface area contributed by atoms with Crippen LogP contribution < -0.4 is 0 Å². The number of hydrogen-bond donors (Lipinski definition) is 1. The van der Waals surface area contributed by atoms with Gasteiger partial charge in [0, 0.05) is 45.2 Å². The second-order valence-corrected chi connectivity index (χ2v) is 8.61. The lowest BCUT2D eigenvalue weighted by molar-refractivity contribution is -0.137. The minimum absolute atomic E-state index is 0.0727. The largest absolute Gasteiger partial charge is 0.416 e. The number of aliphatic hydroxyl groups is 1. The van der Waals surface area contributed by atoms with Gasteiger partial charge in [0.1, 0.15) is 5.82 Å². The van der Waals surface area contributed by atoms with Crippen molar-refractivity contribution in [2.24, 2.45) is 5.92 Å². The third-order valence-electron chi connectivity index (χ3n) is 4.23. The molecule has 1 N–H and O–H groups in total. The van der Waals surface area contributed by atoms with E-state index in [1.54, 1.807) is 4.90 Å². The molecule has 0 aromatic heterocycles. The van der Waals surface area contributed by atoms with Gasteiger partial charge in [-0.3, -0.25) is 4.90 Å². The zero-order valence-corrected chi connectivity index (χ0v) is 14.6. The molecule has 5 nitrogen and oxygen atoms in total. The molecule has 10 heteroatoms. The van der Waals surface area contributed by atoms with Crippen molar-refractivity contribution in [1.82, 2.24) is 9.21 Å². The number of hydrogen-bond acceptors (Lipinski definition) is 4. The third-order valence-corrected chi connectivity index (χ3v) is 6.19. The fraction of sp³-hybridized carbons (Fsp3) is 0.600. The summed E-state index contributed by atoms with van der Waals surface area (Å²) in [4.78, 5) is 1.55. The molecule has 0 radical (unpaired) electrons. The van der Waals surface area contributed by atoms with Gasteiger partial charge in [-0.1, -0.05) is 0 Å². The number of alkyl halides is 3. The summed E-state index contributed by atoms with van der Waals surface area (Å²) >= 11 is 0. The van der Waals surface area contributed by atoms with E-state index in [9.17, 15) is 31.1 Å². The summed E-state index contributed by atoms with van der Waals surface area (Å²) in [7, 11) is -0.758. The highest BCUT2D eigenvalue weighted by atomic mass is 32.2. The number of benzene rings is 1. The molecule has 0 amide bonds. The SMILES string of the molecule is CN(C)S(=O)(=O)C[C@@H]1CN(Cc2cc(C(F)(F)F)ccc2F)C[C@@H]1O. The Morgan fingerprint density at radius 3 is 2.48 bits per heavy atom. The van der Waals surface area contributed by atoms with Gasteiger partial charge in [0.2, 0.25) is 10.0 Å². The predicted molar refractivity (Wildman–Crippen MR) is 83.6 cm³/mol. The summed E-state index contributed by atoms with van der Waals surface area (Å²) in [6, 6.07) is 2.17. The van der Waals surface area contributed by atoms with Crippen molar-refractivity contribution >= 4 is 10.0 Å². The van der Waals surface area contributed by atoms with Crippen molar-refractivity contribution in [2.45, 2.75) is 18.8 Å². The van der Waals surface area contributed by atoms with E-state index < -0.39 is 39.6 Å². The smallest absolute Gasteiger partial charge is 0.391 e. The molecule has 1 aliphatic rings. The maximum atomic E-state index is 13.8. The van der Waals surface area contributed by atoms with Crippen LogP contribution in [0.4, 0.5) is 17.6 Å². The molecule has 0 saturated carbocycles. The number of sulfonamides is 1. The van der Waals surface area contributed by atoms with Crippen molar-refractivity contribution in [3.05, 3.63) is 35.1 Å². The first-order valence-corrected chi connectivity index (χ1v) is 9.17. The number of nitrogens with zero attached hydrogens (tertiary/aromatic N) is 2. The molecule has 2 atom stereocenters. The van der Waals surface area contributed by atoms with E-state index in [4.69, 9.17) is 0 Å². The van der Waals surface area contributed by atoms with Crippen molar-refractivity contribution < 1.29 is 31.1 Å². The molecule has 0 aliphatic carbocycles. The first-order chi connectivity index (χ1) is 11.4. The number of likely N-dealkylation sites (tertiary alicyclic amines) is 1. The van der Waals surface area contributed by atoms with E-state index in [0.717, 1.165) is 16.4 Å². The lowest BCUT2D eigenvalue weighted by Crippen LogP contribution is -2.33. The molecule has 1 saturated heterocycles. The quantitative estimate of drug-likeness (QED) is 0.783. The second-order valence-electron chi connectivity index (χ2n) is 6.39. The Labute approximate surface area is 143 Å². The first kappa shape index (κ1) is 20.1. The molecule has 0 bridgehead atoms. The molecule has 2 rings (SSSR count). The summed E-state index contributed by atoms with van der Waals surface area (Å²) in [5.41, 5.74) is -1.09. The normalized spacial score (nSPS) is 22.7. The topological polar surface area (TPSA) is 60.9 Å². The molecule has 1 aromatic rings. The Bertz CT molecular complexity index is 722. The van der Waals surface area contributed by atoms with Crippen molar-refractivity contribution in [2.75, 3.05) is 32.9 Å². The highest BCUT2D eigenvalue weighted by Crippen LogP contribution is 2.31. The lowest BCUT2D eigenvalue weighted by atomic mass is 10.1. The Kier molecular flexibility index (Phi) is 5.77. The van der Waals surface area contributed by atoms with E-state index in [1.807, 2.05) is 0 Å². The van der Waals surface area contributed by atoms with E-state index in [-0.39, 0.29) is 31.0 Å².